The number of aromatic nitrogens is 2. The highest BCUT2D eigenvalue weighted by molar-refractivity contribution is 6.31. The van der Waals surface area contributed by atoms with E-state index in [1.54, 1.807) is 18.2 Å². The molecular weight excluding hydrogens is 439 g/mol. The molecule has 0 aliphatic carbocycles. The van der Waals surface area contributed by atoms with Gasteiger partial charge in [-0.15, -0.1) is 0 Å². The Hall–Kier alpha value is -3.04. The molecule has 0 radical (unpaired) electrons. The predicted octanol–water partition coefficient (Wildman–Crippen LogP) is 4.14. The van der Waals surface area contributed by atoms with Crippen molar-refractivity contribution in [2.75, 3.05) is 10.6 Å². The Morgan fingerprint density at radius 2 is 1.80 bits per heavy atom. The van der Waals surface area contributed by atoms with Crippen LogP contribution in [-0.2, 0) is 9.59 Å². The van der Waals surface area contributed by atoms with E-state index >= 15 is 0 Å². The van der Waals surface area contributed by atoms with Gasteiger partial charge in [-0.1, -0.05) is 23.2 Å². The molecule has 0 bridgehead atoms. The van der Waals surface area contributed by atoms with E-state index in [1.165, 1.54) is 31.5 Å². The van der Waals surface area contributed by atoms with Crippen LogP contribution in [-0.4, -0.2) is 33.5 Å². The number of halogens is 4. The second-order valence-electron chi connectivity index (χ2n) is 6.23. The third-order valence-corrected chi connectivity index (χ3v) is 4.52. The van der Waals surface area contributed by atoms with Gasteiger partial charge in [0, 0.05) is 16.8 Å². The third kappa shape index (κ3) is 5.11. The molecule has 3 N–H and O–H groups in total. The Morgan fingerprint density at radius 1 is 1.07 bits per heavy atom. The van der Waals surface area contributed by atoms with Gasteiger partial charge in [-0.25, -0.2) is 18.7 Å². The van der Waals surface area contributed by atoms with E-state index in [4.69, 9.17) is 23.2 Å². The molecule has 1 heterocycles. The van der Waals surface area contributed by atoms with Gasteiger partial charge in [0.05, 0.1) is 10.5 Å². The van der Waals surface area contributed by atoms with Crippen LogP contribution in [0.5, 0.6) is 0 Å². The number of fused-ring (bicyclic) bond motifs is 1. The van der Waals surface area contributed by atoms with Crippen LogP contribution in [0.2, 0.25) is 5.02 Å². The minimum Gasteiger partial charge on any atom is -0.341 e. The van der Waals surface area contributed by atoms with E-state index in [2.05, 4.69) is 25.9 Å². The normalized spacial score (nSPS) is 12.8. The largest absolute Gasteiger partial charge is 0.341 e. The summed E-state index contributed by atoms with van der Waals surface area (Å²) in [6, 6.07) is 8.01. The van der Waals surface area contributed by atoms with E-state index in [-0.39, 0.29) is 5.02 Å². The molecule has 156 valence electrons. The van der Waals surface area contributed by atoms with Gasteiger partial charge >= 0.3 is 0 Å². The second-order valence-corrected chi connectivity index (χ2v) is 7.02. The lowest BCUT2D eigenvalue weighted by atomic mass is 10.2. The van der Waals surface area contributed by atoms with Gasteiger partial charge in [-0.05, 0) is 43.3 Å². The van der Waals surface area contributed by atoms with Gasteiger partial charge < -0.3 is 16.0 Å². The molecule has 1 aromatic heterocycles. The first-order valence-corrected chi connectivity index (χ1v) is 9.42. The van der Waals surface area contributed by atoms with E-state index in [0.717, 1.165) is 0 Å². The SMILES string of the molecule is C[C@@H](NC(=O)C(F)Cl)C(=O)Nc1ccc2ncnc(Nc3ccc(F)c(Cl)c3)c2c1. The zero-order valence-electron chi connectivity index (χ0n) is 15.4. The molecule has 3 rings (SSSR count). The molecule has 30 heavy (non-hydrogen) atoms. The van der Waals surface area contributed by atoms with Gasteiger partial charge in [0.25, 0.3) is 11.5 Å². The van der Waals surface area contributed by atoms with Crippen LogP contribution in [0, 0.1) is 5.82 Å². The van der Waals surface area contributed by atoms with Crippen molar-refractivity contribution < 1.29 is 18.4 Å². The molecule has 3 aromatic rings. The molecule has 0 fully saturated rings. The van der Waals surface area contributed by atoms with Crippen molar-refractivity contribution in [2.24, 2.45) is 0 Å². The Morgan fingerprint density at radius 3 is 2.50 bits per heavy atom. The van der Waals surface area contributed by atoms with Crippen molar-refractivity contribution in [2.45, 2.75) is 18.6 Å². The Kier molecular flexibility index (Phi) is 6.63. The van der Waals surface area contributed by atoms with Crippen molar-refractivity contribution in [3.05, 3.63) is 53.6 Å². The third-order valence-electron chi connectivity index (χ3n) is 4.04. The van der Waals surface area contributed by atoms with E-state index in [0.29, 0.717) is 28.1 Å². The average molecular weight is 454 g/mol. The number of nitrogens with zero attached hydrogens (tertiary/aromatic N) is 2. The number of alkyl halides is 2. The molecule has 0 spiro atoms. The smallest absolute Gasteiger partial charge is 0.270 e. The van der Waals surface area contributed by atoms with Gasteiger partial charge in [-0.3, -0.25) is 9.59 Å². The van der Waals surface area contributed by atoms with Gasteiger partial charge in [-0.2, -0.15) is 0 Å². The lowest BCUT2D eigenvalue weighted by Crippen LogP contribution is -2.43. The molecule has 2 amide bonds. The number of benzene rings is 2. The Labute approximate surface area is 179 Å². The summed E-state index contributed by atoms with van der Waals surface area (Å²) in [5, 5.41) is 8.31. The number of carbonyl (C=O) groups is 2. The second kappa shape index (κ2) is 9.19. The van der Waals surface area contributed by atoms with Gasteiger partial charge in [0.1, 0.15) is 24.0 Å². The molecule has 0 aliphatic rings. The van der Waals surface area contributed by atoms with Crippen molar-refractivity contribution in [3.8, 4) is 0 Å². The van der Waals surface area contributed by atoms with Crippen LogP contribution in [0.4, 0.5) is 26.0 Å². The van der Waals surface area contributed by atoms with Crippen LogP contribution in [0.15, 0.2) is 42.7 Å². The minimum absolute atomic E-state index is 0.0465. The first kappa shape index (κ1) is 21.7. The van der Waals surface area contributed by atoms with Crippen LogP contribution in [0.1, 0.15) is 6.92 Å². The highest BCUT2D eigenvalue weighted by atomic mass is 35.5. The fourth-order valence-electron chi connectivity index (χ4n) is 2.54. The molecule has 0 saturated heterocycles. The maximum atomic E-state index is 13.4. The summed E-state index contributed by atoms with van der Waals surface area (Å²) in [6.07, 6.45) is 1.35. The van der Waals surface area contributed by atoms with E-state index in [9.17, 15) is 18.4 Å². The van der Waals surface area contributed by atoms with Crippen molar-refractivity contribution >= 4 is 63.1 Å². The number of nitrogens with one attached hydrogen (secondary N) is 3. The lowest BCUT2D eigenvalue weighted by molar-refractivity contribution is -0.127. The number of anilines is 3. The van der Waals surface area contributed by atoms with Crippen molar-refractivity contribution in [3.63, 3.8) is 0 Å². The van der Waals surface area contributed by atoms with Crippen LogP contribution in [0.3, 0.4) is 0 Å². The number of hydrogen-bond donors (Lipinski definition) is 3. The highest BCUT2D eigenvalue weighted by Crippen LogP contribution is 2.27. The summed E-state index contributed by atoms with van der Waals surface area (Å²) in [5.41, 5.74) is -0.755. The standard InChI is InChI=1S/C19H15Cl2F2N5O2/c1-9(26-19(30)16(21)23)18(29)28-10-3-5-15-12(6-10)17(25-8-24-15)27-11-2-4-14(22)13(20)7-11/h2-9,16H,1H3,(H,26,30)(H,28,29)(H,24,25,27)/t9-,16?/m1/s1. The fourth-order valence-corrected chi connectivity index (χ4v) is 2.78. The molecule has 7 nitrogen and oxygen atoms in total. The average Bonchev–Trinajstić information content (AvgIpc) is 2.71. The van der Waals surface area contributed by atoms with E-state index < -0.39 is 29.3 Å². The van der Waals surface area contributed by atoms with Crippen LogP contribution < -0.4 is 16.0 Å². The molecule has 0 saturated carbocycles. The summed E-state index contributed by atoms with van der Waals surface area (Å²) in [6.45, 7) is 1.39. The first-order valence-electron chi connectivity index (χ1n) is 8.61. The van der Waals surface area contributed by atoms with Crippen molar-refractivity contribution in [1.29, 1.82) is 0 Å². The molecule has 1 unspecified atom stereocenters. The van der Waals surface area contributed by atoms with Crippen LogP contribution in [0.25, 0.3) is 10.9 Å². The molecular formula is C19H15Cl2F2N5O2. The molecule has 2 aromatic carbocycles. The first-order chi connectivity index (χ1) is 14.2. The maximum Gasteiger partial charge on any atom is 0.270 e. The summed E-state index contributed by atoms with van der Waals surface area (Å²) in [7, 11) is 0. The Balaban J connectivity index is 1.82. The fraction of sp³-hybridized carbons (Fsp3) is 0.158. The molecule has 0 aliphatic heterocycles. The zero-order valence-corrected chi connectivity index (χ0v) is 16.9. The predicted molar refractivity (Wildman–Crippen MR) is 111 cm³/mol. The molecule has 2 atom stereocenters. The highest BCUT2D eigenvalue weighted by Gasteiger charge is 2.20. The Bertz CT molecular complexity index is 1110. The minimum atomic E-state index is -2.24. The van der Waals surface area contributed by atoms with Gasteiger partial charge in [0.2, 0.25) is 5.91 Å². The van der Waals surface area contributed by atoms with Gasteiger partial charge in [0.15, 0.2) is 0 Å². The lowest BCUT2D eigenvalue weighted by Gasteiger charge is -2.15. The monoisotopic (exact) mass is 453 g/mol. The van der Waals surface area contributed by atoms with E-state index in [1.807, 2.05) is 0 Å². The summed E-state index contributed by atoms with van der Waals surface area (Å²) in [5.74, 6) is -1.82. The topological polar surface area (TPSA) is 96.0 Å². The number of carbonyl (C=O) groups excluding carboxylic acids is 2. The van der Waals surface area contributed by atoms with Crippen LogP contribution >= 0.6 is 23.2 Å². The molecule has 11 heteroatoms. The zero-order chi connectivity index (χ0) is 21.8. The summed E-state index contributed by atoms with van der Waals surface area (Å²) < 4.78 is 26.1. The summed E-state index contributed by atoms with van der Waals surface area (Å²) >= 11 is 10.9. The summed E-state index contributed by atoms with van der Waals surface area (Å²) in [4.78, 5) is 31.9. The number of hydrogen-bond acceptors (Lipinski definition) is 5. The number of rotatable bonds is 6. The number of amides is 2. The quantitative estimate of drug-likeness (QED) is 0.487. The maximum absolute atomic E-state index is 13.4. The van der Waals surface area contributed by atoms with Crippen molar-refractivity contribution in [1.82, 2.24) is 15.3 Å².